The van der Waals surface area contributed by atoms with Gasteiger partial charge in [-0.15, -0.1) is 0 Å². The van der Waals surface area contributed by atoms with Gasteiger partial charge in [-0.1, -0.05) is 13.0 Å². The van der Waals surface area contributed by atoms with Crippen molar-refractivity contribution in [2.75, 3.05) is 6.54 Å². The summed E-state index contributed by atoms with van der Waals surface area (Å²) in [7, 11) is 1.94. The van der Waals surface area contributed by atoms with Crippen LogP contribution in [-0.2, 0) is 7.05 Å². The summed E-state index contributed by atoms with van der Waals surface area (Å²) in [6.07, 6.45) is 6.86. The lowest BCUT2D eigenvalue weighted by atomic mass is 10.0. The van der Waals surface area contributed by atoms with Crippen molar-refractivity contribution in [3.05, 3.63) is 47.5 Å². The molecule has 0 radical (unpaired) electrons. The van der Waals surface area contributed by atoms with Crippen LogP contribution in [0.25, 0.3) is 0 Å². The summed E-state index contributed by atoms with van der Waals surface area (Å²) >= 11 is 0. The standard InChI is InChI=1S/C14H20N4/c1-4-6-16-14(13-5-7-18(3)17-13)12-8-11(2)9-15-10-12/h5,7-10,14,16H,4,6H2,1-3H3. The number of hydrogen-bond acceptors (Lipinski definition) is 3. The first-order valence-corrected chi connectivity index (χ1v) is 6.35. The van der Waals surface area contributed by atoms with Gasteiger partial charge < -0.3 is 5.32 Å². The van der Waals surface area contributed by atoms with Gasteiger partial charge in [0.15, 0.2) is 0 Å². The molecule has 0 saturated carbocycles. The lowest BCUT2D eigenvalue weighted by molar-refractivity contribution is 0.574. The Bertz CT molecular complexity index is 504. The first kappa shape index (κ1) is 12.8. The van der Waals surface area contributed by atoms with Crippen LogP contribution in [0.15, 0.2) is 30.7 Å². The van der Waals surface area contributed by atoms with Gasteiger partial charge in [-0.25, -0.2) is 0 Å². The fraction of sp³-hybridized carbons (Fsp3) is 0.429. The lowest BCUT2D eigenvalue weighted by Crippen LogP contribution is -2.24. The van der Waals surface area contributed by atoms with Crippen LogP contribution in [0, 0.1) is 6.92 Å². The Morgan fingerprint density at radius 2 is 2.22 bits per heavy atom. The molecule has 0 aliphatic carbocycles. The highest BCUT2D eigenvalue weighted by atomic mass is 15.3. The van der Waals surface area contributed by atoms with Crippen LogP contribution in [0.5, 0.6) is 0 Å². The van der Waals surface area contributed by atoms with Gasteiger partial charge in [0.05, 0.1) is 11.7 Å². The van der Waals surface area contributed by atoms with Crippen molar-refractivity contribution in [3.63, 3.8) is 0 Å². The maximum absolute atomic E-state index is 4.50. The van der Waals surface area contributed by atoms with E-state index in [9.17, 15) is 0 Å². The second kappa shape index (κ2) is 5.78. The van der Waals surface area contributed by atoms with Crippen molar-refractivity contribution < 1.29 is 0 Å². The maximum Gasteiger partial charge on any atom is 0.0839 e. The molecule has 0 aliphatic rings. The molecule has 0 amide bonds. The van der Waals surface area contributed by atoms with E-state index in [1.807, 2.05) is 30.3 Å². The molecule has 4 nitrogen and oxygen atoms in total. The summed E-state index contributed by atoms with van der Waals surface area (Å²) in [6, 6.07) is 4.34. The summed E-state index contributed by atoms with van der Waals surface area (Å²) in [5, 5.41) is 8.02. The number of pyridine rings is 1. The Labute approximate surface area is 108 Å². The number of nitrogens with one attached hydrogen (secondary N) is 1. The van der Waals surface area contributed by atoms with Crippen molar-refractivity contribution in [2.45, 2.75) is 26.3 Å². The summed E-state index contributed by atoms with van der Waals surface area (Å²) < 4.78 is 1.83. The van der Waals surface area contributed by atoms with E-state index in [1.165, 1.54) is 11.1 Å². The van der Waals surface area contributed by atoms with E-state index in [0.29, 0.717) is 0 Å². The van der Waals surface area contributed by atoms with E-state index in [-0.39, 0.29) is 6.04 Å². The molecule has 2 heterocycles. The van der Waals surface area contributed by atoms with E-state index in [4.69, 9.17) is 0 Å². The summed E-state index contributed by atoms with van der Waals surface area (Å²) in [5.74, 6) is 0. The van der Waals surface area contributed by atoms with Crippen molar-refractivity contribution in [1.29, 1.82) is 0 Å². The van der Waals surface area contributed by atoms with Gasteiger partial charge in [0, 0.05) is 25.6 Å². The quantitative estimate of drug-likeness (QED) is 0.877. The summed E-state index contributed by atoms with van der Waals surface area (Å²) in [4.78, 5) is 4.27. The molecule has 1 atom stereocenters. The molecule has 0 spiro atoms. The normalized spacial score (nSPS) is 12.6. The Hall–Kier alpha value is -1.68. The van der Waals surface area contributed by atoms with E-state index in [2.05, 4.69) is 41.4 Å². The molecule has 2 aromatic rings. The summed E-state index contributed by atoms with van der Waals surface area (Å²) in [5.41, 5.74) is 3.38. The summed E-state index contributed by atoms with van der Waals surface area (Å²) in [6.45, 7) is 5.19. The van der Waals surface area contributed by atoms with Crippen LogP contribution in [-0.4, -0.2) is 21.3 Å². The minimum atomic E-state index is 0.124. The Balaban J connectivity index is 2.30. The Kier molecular flexibility index (Phi) is 4.10. The van der Waals surface area contributed by atoms with Gasteiger partial charge in [0.2, 0.25) is 0 Å². The van der Waals surface area contributed by atoms with Crippen molar-refractivity contribution in [2.24, 2.45) is 7.05 Å². The van der Waals surface area contributed by atoms with Crippen LogP contribution in [0.1, 0.15) is 36.2 Å². The number of aryl methyl sites for hydroxylation is 2. The van der Waals surface area contributed by atoms with Crippen molar-refractivity contribution in [1.82, 2.24) is 20.1 Å². The molecule has 18 heavy (non-hydrogen) atoms. The molecule has 0 aromatic carbocycles. The Morgan fingerprint density at radius 3 is 2.83 bits per heavy atom. The van der Waals surface area contributed by atoms with E-state index >= 15 is 0 Å². The van der Waals surface area contributed by atoms with Crippen LogP contribution < -0.4 is 5.32 Å². The third-order valence-electron chi connectivity index (χ3n) is 2.86. The second-order valence-corrected chi connectivity index (χ2v) is 4.60. The van der Waals surface area contributed by atoms with E-state index in [1.54, 1.807) is 0 Å². The molecule has 0 aliphatic heterocycles. The monoisotopic (exact) mass is 244 g/mol. The average molecular weight is 244 g/mol. The van der Waals surface area contributed by atoms with Crippen molar-refractivity contribution >= 4 is 0 Å². The number of nitrogens with zero attached hydrogens (tertiary/aromatic N) is 3. The molecule has 1 N–H and O–H groups in total. The largest absolute Gasteiger partial charge is 0.305 e. The van der Waals surface area contributed by atoms with Crippen LogP contribution >= 0.6 is 0 Å². The molecule has 1 unspecified atom stereocenters. The molecule has 2 aromatic heterocycles. The third-order valence-corrected chi connectivity index (χ3v) is 2.86. The predicted octanol–water partition coefficient (Wildman–Crippen LogP) is 2.21. The molecule has 2 rings (SSSR count). The molecule has 96 valence electrons. The van der Waals surface area contributed by atoms with E-state index < -0.39 is 0 Å². The zero-order valence-corrected chi connectivity index (χ0v) is 11.2. The maximum atomic E-state index is 4.50. The van der Waals surface area contributed by atoms with E-state index in [0.717, 1.165) is 18.7 Å². The number of aromatic nitrogens is 3. The number of rotatable bonds is 5. The first-order valence-electron chi connectivity index (χ1n) is 6.35. The molecule has 0 bridgehead atoms. The van der Waals surface area contributed by atoms with Gasteiger partial charge in [-0.2, -0.15) is 5.10 Å². The minimum absolute atomic E-state index is 0.124. The van der Waals surface area contributed by atoms with Gasteiger partial charge in [-0.3, -0.25) is 9.67 Å². The van der Waals surface area contributed by atoms with Crippen molar-refractivity contribution in [3.8, 4) is 0 Å². The van der Waals surface area contributed by atoms with Gasteiger partial charge in [0.25, 0.3) is 0 Å². The molecular weight excluding hydrogens is 224 g/mol. The van der Waals surface area contributed by atoms with Crippen LogP contribution in [0.3, 0.4) is 0 Å². The molecule has 4 heteroatoms. The molecular formula is C14H20N4. The second-order valence-electron chi connectivity index (χ2n) is 4.60. The zero-order valence-electron chi connectivity index (χ0n) is 11.2. The highest BCUT2D eigenvalue weighted by Crippen LogP contribution is 2.20. The topological polar surface area (TPSA) is 42.7 Å². The van der Waals surface area contributed by atoms with Gasteiger partial charge in [0.1, 0.15) is 0 Å². The molecule has 0 saturated heterocycles. The Morgan fingerprint density at radius 1 is 1.39 bits per heavy atom. The smallest absolute Gasteiger partial charge is 0.0839 e. The highest BCUT2D eigenvalue weighted by Gasteiger charge is 2.16. The first-order chi connectivity index (χ1) is 8.70. The minimum Gasteiger partial charge on any atom is -0.305 e. The average Bonchev–Trinajstić information content (AvgIpc) is 2.76. The van der Waals surface area contributed by atoms with Gasteiger partial charge in [-0.05, 0) is 37.1 Å². The van der Waals surface area contributed by atoms with Gasteiger partial charge >= 0.3 is 0 Å². The zero-order chi connectivity index (χ0) is 13.0. The predicted molar refractivity (Wildman–Crippen MR) is 72.3 cm³/mol. The SMILES string of the molecule is CCCNC(c1cncc(C)c1)c1ccn(C)n1. The lowest BCUT2D eigenvalue weighted by Gasteiger charge is -2.17. The highest BCUT2D eigenvalue weighted by molar-refractivity contribution is 5.27. The molecule has 0 fully saturated rings. The fourth-order valence-corrected chi connectivity index (χ4v) is 2.01. The van der Waals surface area contributed by atoms with Crippen LogP contribution in [0.4, 0.5) is 0 Å². The number of hydrogen-bond donors (Lipinski definition) is 1. The fourth-order valence-electron chi connectivity index (χ4n) is 2.01. The third kappa shape index (κ3) is 2.96. The van der Waals surface area contributed by atoms with Crippen LogP contribution in [0.2, 0.25) is 0 Å².